The van der Waals surface area contributed by atoms with Crippen molar-refractivity contribution in [1.29, 1.82) is 0 Å². The maximum Gasteiger partial charge on any atom is 0.279 e. The van der Waals surface area contributed by atoms with E-state index in [0.29, 0.717) is 42.5 Å². The number of ether oxygens (including phenoxy) is 1. The van der Waals surface area contributed by atoms with Crippen LogP contribution in [0, 0.1) is 5.92 Å². The van der Waals surface area contributed by atoms with Crippen molar-refractivity contribution < 1.29 is 17.9 Å². The van der Waals surface area contributed by atoms with Crippen molar-refractivity contribution in [3.63, 3.8) is 0 Å². The summed E-state index contributed by atoms with van der Waals surface area (Å²) < 4.78 is 35.9. The van der Waals surface area contributed by atoms with E-state index in [-0.39, 0.29) is 4.90 Å². The molecule has 4 rings (SSSR count). The molecule has 0 bridgehead atoms. The highest BCUT2D eigenvalue weighted by atomic mass is 32.2. The van der Waals surface area contributed by atoms with Crippen LogP contribution < -0.4 is 9.54 Å². The number of allylic oxidation sites excluding steroid dienone is 1. The van der Waals surface area contributed by atoms with E-state index >= 15 is 0 Å². The predicted octanol–water partition coefficient (Wildman–Crippen LogP) is 4.45. The zero-order chi connectivity index (χ0) is 24.3. The van der Waals surface area contributed by atoms with Crippen molar-refractivity contribution in [3.05, 3.63) is 65.5 Å². The topological polar surface area (TPSA) is 81.0 Å². The number of hydrogen-bond acceptors (Lipinski definition) is 5. The number of thiazole rings is 1. The predicted molar refractivity (Wildman–Crippen MR) is 135 cm³/mol. The number of nitrogens with zero attached hydrogens (tertiary/aromatic N) is 3. The fourth-order valence-corrected chi connectivity index (χ4v) is 6.53. The number of fused-ring (bicyclic) bond motifs is 1. The normalized spacial score (nSPS) is 16.1. The van der Waals surface area contributed by atoms with Crippen molar-refractivity contribution in [2.45, 2.75) is 38.1 Å². The van der Waals surface area contributed by atoms with Gasteiger partial charge in [-0.15, -0.1) is 6.58 Å². The lowest BCUT2D eigenvalue weighted by molar-refractivity contribution is 0.0997. The van der Waals surface area contributed by atoms with Crippen molar-refractivity contribution >= 4 is 37.5 Å². The van der Waals surface area contributed by atoms with Gasteiger partial charge in [0.15, 0.2) is 4.80 Å². The molecule has 0 radical (unpaired) electrons. The zero-order valence-corrected chi connectivity index (χ0v) is 21.1. The van der Waals surface area contributed by atoms with Gasteiger partial charge in [0.05, 0.1) is 21.7 Å². The minimum Gasteiger partial charge on any atom is -0.494 e. The van der Waals surface area contributed by atoms with Gasteiger partial charge in [-0.2, -0.15) is 9.30 Å². The first kappa shape index (κ1) is 24.4. The summed E-state index contributed by atoms with van der Waals surface area (Å²) in [5, 5.41) is 0. The fraction of sp³-hybridized carbons (Fsp3) is 0.360. The van der Waals surface area contributed by atoms with E-state index in [9.17, 15) is 13.2 Å². The molecule has 0 saturated carbocycles. The monoisotopic (exact) mass is 499 g/mol. The minimum absolute atomic E-state index is 0.200. The van der Waals surface area contributed by atoms with Crippen molar-refractivity contribution in [2.24, 2.45) is 10.9 Å². The summed E-state index contributed by atoms with van der Waals surface area (Å²) in [6.45, 7) is 10.0. The molecule has 180 valence electrons. The second kappa shape index (κ2) is 10.2. The molecule has 1 aliphatic rings. The van der Waals surface area contributed by atoms with Crippen LogP contribution in [0.2, 0.25) is 0 Å². The van der Waals surface area contributed by atoms with Gasteiger partial charge in [0.1, 0.15) is 5.75 Å². The third-order valence-corrected chi connectivity index (χ3v) is 8.91. The van der Waals surface area contributed by atoms with Gasteiger partial charge >= 0.3 is 0 Å². The standard InChI is InChI=1S/C25H29N3O4S2/c1-4-14-28-22-11-8-20(32-5-2)17-23(22)33-25(28)26-24(29)19-6-9-21(10-7-19)34(30,31)27-15-12-18(3)13-16-27/h4,6-11,17-18H,1,5,12-16H2,2-3H3. The van der Waals surface area contributed by atoms with Crippen LogP contribution in [0.15, 0.2) is 65.0 Å². The maximum atomic E-state index is 13.0. The summed E-state index contributed by atoms with van der Waals surface area (Å²) >= 11 is 1.40. The van der Waals surface area contributed by atoms with Crippen LogP contribution in [0.25, 0.3) is 10.2 Å². The van der Waals surface area contributed by atoms with Gasteiger partial charge in [0, 0.05) is 25.2 Å². The van der Waals surface area contributed by atoms with E-state index in [0.717, 1.165) is 28.8 Å². The number of aromatic nitrogens is 1. The molecule has 1 saturated heterocycles. The van der Waals surface area contributed by atoms with Crippen LogP contribution in [0.5, 0.6) is 5.75 Å². The Kier molecular flexibility index (Phi) is 7.35. The molecular weight excluding hydrogens is 470 g/mol. The Labute approximate surface area is 204 Å². The second-order valence-corrected chi connectivity index (χ2v) is 11.3. The Morgan fingerprint density at radius 2 is 1.91 bits per heavy atom. The molecule has 2 aromatic carbocycles. The molecule has 1 aliphatic heterocycles. The Hall–Kier alpha value is -2.75. The van der Waals surface area contributed by atoms with Crippen LogP contribution in [0.3, 0.4) is 0 Å². The van der Waals surface area contributed by atoms with E-state index < -0.39 is 15.9 Å². The molecule has 0 spiro atoms. The minimum atomic E-state index is -3.56. The summed E-state index contributed by atoms with van der Waals surface area (Å²) in [6.07, 6.45) is 3.48. The molecule has 0 N–H and O–H groups in total. The average Bonchev–Trinajstić information content (AvgIpc) is 3.16. The number of amides is 1. The SMILES string of the molecule is C=CCn1c(=NC(=O)c2ccc(S(=O)(=O)N3CCC(C)CC3)cc2)sc2cc(OCC)ccc21. The molecule has 3 aromatic rings. The van der Waals surface area contributed by atoms with E-state index in [4.69, 9.17) is 4.74 Å². The van der Waals surface area contributed by atoms with E-state index in [1.54, 1.807) is 6.08 Å². The van der Waals surface area contributed by atoms with Crippen LogP contribution in [-0.4, -0.2) is 42.9 Å². The van der Waals surface area contributed by atoms with Gasteiger partial charge in [-0.3, -0.25) is 4.79 Å². The first-order valence-electron chi connectivity index (χ1n) is 11.4. The lowest BCUT2D eigenvalue weighted by atomic mass is 10.0. The van der Waals surface area contributed by atoms with Gasteiger partial charge in [0.25, 0.3) is 5.91 Å². The van der Waals surface area contributed by atoms with E-state index in [1.807, 2.05) is 29.7 Å². The lowest BCUT2D eigenvalue weighted by Gasteiger charge is -2.29. The summed E-state index contributed by atoms with van der Waals surface area (Å²) in [5.74, 6) is 0.876. The Morgan fingerprint density at radius 3 is 2.56 bits per heavy atom. The van der Waals surface area contributed by atoms with Crippen LogP contribution in [0.4, 0.5) is 0 Å². The zero-order valence-electron chi connectivity index (χ0n) is 19.4. The molecular formula is C25H29N3O4S2. The Balaban J connectivity index is 1.62. The van der Waals surface area contributed by atoms with Gasteiger partial charge in [-0.05, 0) is 68.1 Å². The van der Waals surface area contributed by atoms with Crippen molar-refractivity contribution in [3.8, 4) is 5.75 Å². The summed E-state index contributed by atoms with van der Waals surface area (Å²) in [4.78, 5) is 18.0. The highest BCUT2D eigenvalue weighted by Gasteiger charge is 2.28. The molecule has 0 atom stereocenters. The maximum absolute atomic E-state index is 13.0. The van der Waals surface area contributed by atoms with E-state index in [1.165, 1.54) is 39.9 Å². The molecule has 2 heterocycles. The van der Waals surface area contributed by atoms with E-state index in [2.05, 4.69) is 18.5 Å². The van der Waals surface area contributed by atoms with Crippen molar-refractivity contribution in [1.82, 2.24) is 8.87 Å². The number of carbonyl (C=O) groups is 1. The summed E-state index contributed by atoms with van der Waals surface area (Å²) in [6, 6.07) is 11.8. The third-order valence-electron chi connectivity index (χ3n) is 5.96. The van der Waals surface area contributed by atoms with Crippen LogP contribution in [-0.2, 0) is 16.6 Å². The number of sulfonamides is 1. The van der Waals surface area contributed by atoms with Crippen molar-refractivity contribution in [2.75, 3.05) is 19.7 Å². The second-order valence-electron chi connectivity index (χ2n) is 8.37. The highest BCUT2D eigenvalue weighted by Crippen LogP contribution is 2.25. The molecule has 1 aromatic heterocycles. The molecule has 9 heteroatoms. The van der Waals surface area contributed by atoms with Crippen LogP contribution in [0.1, 0.15) is 37.0 Å². The fourth-order valence-electron chi connectivity index (χ4n) is 4.00. The quantitative estimate of drug-likeness (QED) is 0.450. The first-order chi connectivity index (χ1) is 16.3. The first-order valence-corrected chi connectivity index (χ1v) is 13.7. The summed E-state index contributed by atoms with van der Waals surface area (Å²) in [7, 11) is -3.56. The number of rotatable bonds is 7. The number of carbonyl (C=O) groups excluding carboxylic acids is 1. The largest absolute Gasteiger partial charge is 0.494 e. The molecule has 1 amide bonds. The third kappa shape index (κ3) is 5.01. The van der Waals surface area contributed by atoms with Gasteiger partial charge in [-0.25, -0.2) is 8.42 Å². The molecule has 0 unspecified atom stereocenters. The molecule has 0 aliphatic carbocycles. The smallest absolute Gasteiger partial charge is 0.279 e. The number of hydrogen-bond donors (Lipinski definition) is 0. The molecule has 1 fully saturated rings. The highest BCUT2D eigenvalue weighted by molar-refractivity contribution is 7.89. The average molecular weight is 500 g/mol. The van der Waals surface area contributed by atoms with Gasteiger partial charge < -0.3 is 9.30 Å². The Morgan fingerprint density at radius 1 is 1.21 bits per heavy atom. The van der Waals surface area contributed by atoms with Crippen LogP contribution >= 0.6 is 11.3 Å². The number of piperidine rings is 1. The lowest BCUT2D eigenvalue weighted by Crippen LogP contribution is -2.37. The van der Waals surface area contributed by atoms with Gasteiger partial charge in [-0.1, -0.05) is 24.3 Å². The Bertz CT molecular complexity index is 1360. The summed E-state index contributed by atoms with van der Waals surface area (Å²) in [5.41, 5.74) is 1.28. The van der Waals surface area contributed by atoms with Gasteiger partial charge in [0.2, 0.25) is 10.0 Å². The number of benzene rings is 2. The molecule has 7 nitrogen and oxygen atoms in total. The molecule has 34 heavy (non-hydrogen) atoms.